The fourth-order valence-electron chi connectivity index (χ4n) is 1.65. The van der Waals surface area contributed by atoms with E-state index in [1.807, 2.05) is 0 Å². The molecule has 0 unspecified atom stereocenters. The predicted octanol–water partition coefficient (Wildman–Crippen LogP) is 1.79. The van der Waals surface area contributed by atoms with Crippen molar-refractivity contribution in [2.24, 2.45) is 5.92 Å². The molecule has 0 aliphatic carbocycles. The summed E-state index contributed by atoms with van der Waals surface area (Å²) < 4.78 is 6.09. The summed E-state index contributed by atoms with van der Waals surface area (Å²) in [5.41, 5.74) is -0.730. The lowest BCUT2D eigenvalue weighted by molar-refractivity contribution is -0.152. The third-order valence-corrected chi connectivity index (χ3v) is 2.85. The van der Waals surface area contributed by atoms with Gasteiger partial charge in [0.2, 0.25) is 5.88 Å². The third-order valence-electron chi connectivity index (χ3n) is 2.85. The Kier molecular flexibility index (Phi) is 5.48. The maximum atomic E-state index is 11.8. The average Bonchev–Trinajstić information content (AvgIpc) is 2.54. The molecule has 1 aromatic heterocycles. The molecule has 1 heterocycles. The highest BCUT2D eigenvalue weighted by molar-refractivity contribution is 5.71. The van der Waals surface area contributed by atoms with Gasteiger partial charge < -0.3 is 24.9 Å². The molecule has 1 aromatic rings. The highest BCUT2D eigenvalue weighted by atomic mass is 16.7. The number of ether oxygens (including phenoxy) is 1. The standard InChI is InChI=1S/C14H23NO6/c1-9(2)5-6-20-14(3,4)8-12(18)21-15-11(17)7-10(16)13(15)19/h7,9,16-17,19H,5-6,8H2,1-4H3. The van der Waals surface area contributed by atoms with Gasteiger partial charge >= 0.3 is 5.97 Å². The largest absolute Gasteiger partial charge is 0.503 e. The zero-order chi connectivity index (χ0) is 16.2. The van der Waals surface area contributed by atoms with Crippen LogP contribution < -0.4 is 4.84 Å². The van der Waals surface area contributed by atoms with Crippen LogP contribution in [0.1, 0.15) is 40.5 Å². The smallest absolute Gasteiger partial charge is 0.336 e. The van der Waals surface area contributed by atoms with E-state index in [0.717, 1.165) is 12.5 Å². The maximum absolute atomic E-state index is 11.8. The predicted molar refractivity (Wildman–Crippen MR) is 75.1 cm³/mol. The second kappa shape index (κ2) is 6.71. The van der Waals surface area contributed by atoms with E-state index in [1.165, 1.54) is 0 Å². The van der Waals surface area contributed by atoms with E-state index in [1.54, 1.807) is 13.8 Å². The van der Waals surface area contributed by atoms with E-state index < -0.39 is 29.1 Å². The third kappa shape index (κ3) is 5.18. The molecule has 7 nitrogen and oxygen atoms in total. The van der Waals surface area contributed by atoms with Crippen LogP contribution in [0.4, 0.5) is 0 Å². The molecule has 0 amide bonds. The summed E-state index contributed by atoms with van der Waals surface area (Å²) in [6.07, 6.45) is 0.814. The monoisotopic (exact) mass is 301 g/mol. The van der Waals surface area contributed by atoms with E-state index in [0.29, 0.717) is 17.3 Å². The number of aromatic hydroxyl groups is 3. The Morgan fingerprint density at radius 1 is 1.33 bits per heavy atom. The molecule has 0 aliphatic heterocycles. The molecule has 0 aliphatic rings. The summed E-state index contributed by atoms with van der Waals surface area (Å²) in [7, 11) is 0. The lowest BCUT2D eigenvalue weighted by Gasteiger charge is -2.24. The van der Waals surface area contributed by atoms with Crippen LogP contribution in [0.2, 0.25) is 0 Å². The summed E-state index contributed by atoms with van der Waals surface area (Å²) >= 11 is 0. The maximum Gasteiger partial charge on any atom is 0.336 e. The number of rotatable bonds is 7. The van der Waals surface area contributed by atoms with Crippen molar-refractivity contribution < 1.29 is 29.7 Å². The van der Waals surface area contributed by atoms with Crippen LogP contribution in [-0.4, -0.2) is 38.2 Å². The first-order valence-corrected chi connectivity index (χ1v) is 6.80. The minimum atomic E-state index is -0.737. The number of aromatic nitrogens is 1. The van der Waals surface area contributed by atoms with Crippen molar-refractivity contribution in [3.05, 3.63) is 6.07 Å². The summed E-state index contributed by atoms with van der Waals surface area (Å²) in [5.74, 6) is -2.08. The van der Waals surface area contributed by atoms with Crippen molar-refractivity contribution >= 4 is 5.97 Å². The van der Waals surface area contributed by atoms with Gasteiger partial charge in [-0.1, -0.05) is 13.8 Å². The van der Waals surface area contributed by atoms with Gasteiger partial charge in [0.25, 0.3) is 5.88 Å². The Morgan fingerprint density at radius 2 is 1.95 bits per heavy atom. The molecule has 0 aromatic carbocycles. The topological polar surface area (TPSA) is 101 Å². The van der Waals surface area contributed by atoms with Gasteiger partial charge in [0.05, 0.1) is 12.0 Å². The molecule has 1 rings (SSSR count). The van der Waals surface area contributed by atoms with Gasteiger partial charge in [-0.3, -0.25) is 0 Å². The van der Waals surface area contributed by atoms with E-state index in [9.17, 15) is 20.1 Å². The Bertz CT molecular complexity index is 492. The lowest BCUT2D eigenvalue weighted by atomic mass is 10.1. The molecule has 0 saturated heterocycles. The van der Waals surface area contributed by atoms with Gasteiger partial charge in [0, 0.05) is 12.7 Å². The molecular formula is C14H23NO6. The van der Waals surface area contributed by atoms with Crippen LogP contribution in [0.3, 0.4) is 0 Å². The number of hydrogen-bond donors (Lipinski definition) is 3. The first kappa shape index (κ1) is 17.2. The van der Waals surface area contributed by atoms with Gasteiger partial charge in [0.1, 0.15) is 0 Å². The Labute approximate surface area is 123 Å². The van der Waals surface area contributed by atoms with Crippen molar-refractivity contribution in [3.63, 3.8) is 0 Å². The second-order valence-corrected chi connectivity index (χ2v) is 5.94. The van der Waals surface area contributed by atoms with E-state index in [4.69, 9.17) is 9.57 Å². The van der Waals surface area contributed by atoms with Crippen molar-refractivity contribution in [3.8, 4) is 17.5 Å². The van der Waals surface area contributed by atoms with Gasteiger partial charge in [-0.2, -0.15) is 0 Å². The van der Waals surface area contributed by atoms with Crippen LogP contribution in [0, 0.1) is 5.92 Å². The first-order chi connectivity index (χ1) is 9.62. The average molecular weight is 301 g/mol. The van der Waals surface area contributed by atoms with Gasteiger partial charge in [-0.05, 0) is 26.2 Å². The van der Waals surface area contributed by atoms with Crippen molar-refractivity contribution in [2.75, 3.05) is 6.61 Å². The molecule has 0 fully saturated rings. The molecule has 0 bridgehead atoms. The number of carbonyl (C=O) groups is 1. The molecule has 21 heavy (non-hydrogen) atoms. The summed E-state index contributed by atoms with van der Waals surface area (Å²) in [5, 5.41) is 28.0. The molecule has 3 N–H and O–H groups in total. The SMILES string of the molecule is CC(C)CCOC(C)(C)CC(=O)On1c(O)cc(O)c1O. The van der Waals surface area contributed by atoms with Gasteiger partial charge in [0.15, 0.2) is 5.75 Å². The zero-order valence-corrected chi connectivity index (χ0v) is 12.8. The Hall–Kier alpha value is -1.89. The van der Waals surface area contributed by atoms with Crippen molar-refractivity contribution in [1.29, 1.82) is 0 Å². The number of nitrogens with zero attached hydrogens (tertiary/aromatic N) is 1. The van der Waals surface area contributed by atoms with Crippen LogP contribution in [-0.2, 0) is 9.53 Å². The second-order valence-electron chi connectivity index (χ2n) is 5.94. The molecule has 0 atom stereocenters. The normalized spacial score (nSPS) is 11.9. The Morgan fingerprint density at radius 3 is 2.43 bits per heavy atom. The van der Waals surface area contributed by atoms with E-state index in [-0.39, 0.29) is 6.42 Å². The van der Waals surface area contributed by atoms with Gasteiger partial charge in [-0.15, -0.1) is 4.73 Å². The summed E-state index contributed by atoms with van der Waals surface area (Å²) in [4.78, 5) is 16.6. The fourth-order valence-corrected chi connectivity index (χ4v) is 1.65. The molecule has 0 saturated carbocycles. The lowest BCUT2D eigenvalue weighted by Crippen LogP contribution is -2.32. The van der Waals surface area contributed by atoms with Crippen LogP contribution in [0.25, 0.3) is 0 Å². The van der Waals surface area contributed by atoms with Crippen LogP contribution >= 0.6 is 0 Å². The zero-order valence-electron chi connectivity index (χ0n) is 12.8. The Balaban J connectivity index is 2.56. The highest BCUT2D eigenvalue weighted by Gasteiger charge is 2.26. The molecule has 0 radical (unpaired) electrons. The molecule has 7 heteroatoms. The highest BCUT2D eigenvalue weighted by Crippen LogP contribution is 2.32. The molecular weight excluding hydrogens is 278 g/mol. The summed E-state index contributed by atoms with van der Waals surface area (Å²) in [6.45, 7) is 8.19. The minimum absolute atomic E-state index is 0.0666. The minimum Gasteiger partial charge on any atom is -0.503 e. The summed E-state index contributed by atoms with van der Waals surface area (Å²) in [6, 6.07) is 0.868. The van der Waals surface area contributed by atoms with Crippen molar-refractivity contribution in [2.45, 2.75) is 46.1 Å². The van der Waals surface area contributed by atoms with Gasteiger partial charge in [-0.25, -0.2) is 4.79 Å². The molecule has 0 spiro atoms. The molecule has 120 valence electrons. The van der Waals surface area contributed by atoms with Crippen LogP contribution in [0.5, 0.6) is 17.5 Å². The fraction of sp³-hybridized carbons (Fsp3) is 0.643. The quantitative estimate of drug-likeness (QED) is 0.710. The van der Waals surface area contributed by atoms with Crippen LogP contribution in [0.15, 0.2) is 6.07 Å². The van der Waals surface area contributed by atoms with E-state index in [2.05, 4.69) is 13.8 Å². The first-order valence-electron chi connectivity index (χ1n) is 6.80. The number of carbonyl (C=O) groups excluding carboxylic acids is 1. The van der Waals surface area contributed by atoms with E-state index >= 15 is 0 Å². The van der Waals surface area contributed by atoms with Crippen molar-refractivity contribution in [1.82, 2.24) is 4.73 Å². The number of hydrogen-bond acceptors (Lipinski definition) is 6.